The van der Waals surface area contributed by atoms with Crippen molar-refractivity contribution in [1.29, 1.82) is 0 Å². The highest BCUT2D eigenvalue weighted by atomic mass is 35.5. The topological polar surface area (TPSA) is 95.7 Å². The van der Waals surface area contributed by atoms with Gasteiger partial charge in [0.15, 0.2) is 5.78 Å². The number of hydrogen-bond acceptors (Lipinski definition) is 5. The molecule has 1 saturated carbocycles. The SMILES string of the molecule is N[C@@H]1C[C@H]2C(=O)N([C@H](CCNC(=O)C3CC3)C(=O)CCc3ccc(Cl)c(Cl)c3)CCC(CCc3ccccc3)N2C1. The van der Waals surface area contributed by atoms with Crippen LogP contribution in [0.4, 0.5) is 0 Å². The van der Waals surface area contributed by atoms with Gasteiger partial charge in [0.1, 0.15) is 0 Å². The van der Waals surface area contributed by atoms with Gasteiger partial charge in [-0.05, 0) is 74.6 Å². The van der Waals surface area contributed by atoms with Gasteiger partial charge in [-0.15, -0.1) is 0 Å². The summed E-state index contributed by atoms with van der Waals surface area (Å²) in [5.74, 6) is 0.129. The monoisotopic (exact) mass is 598 g/mol. The number of carbonyl (C=O) groups is 3. The van der Waals surface area contributed by atoms with Gasteiger partial charge < -0.3 is 16.0 Å². The number of ketones is 1. The molecule has 3 fully saturated rings. The van der Waals surface area contributed by atoms with Crippen molar-refractivity contribution in [2.24, 2.45) is 11.7 Å². The smallest absolute Gasteiger partial charge is 0.240 e. The molecule has 2 heterocycles. The fourth-order valence-corrected chi connectivity index (χ4v) is 6.66. The van der Waals surface area contributed by atoms with E-state index in [0.29, 0.717) is 48.9 Å². The Morgan fingerprint density at radius 1 is 1.00 bits per heavy atom. The minimum Gasteiger partial charge on any atom is -0.356 e. The van der Waals surface area contributed by atoms with E-state index in [9.17, 15) is 14.4 Å². The van der Waals surface area contributed by atoms with Crippen LogP contribution in [0.1, 0.15) is 56.1 Å². The van der Waals surface area contributed by atoms with Crippen LogP contribution in [-0.2, 0) is 27.2 Å². The van der Waals surface area contributed by atoms with Crippen molar-refractivity contribution in [1.82, 2.24) is 15.1 Å². The molecule has 0 radical (unpaired) electrons. The molecule has 1 aliphatic carbocycles. The summed E-state index contributed by atoms with van der Waals surface area (Å²) in [6, 6.07) is 15.0. The molecular formula is C32H40Cl2N4O3. The van der Waals surface area contributed by atoms with Gasteiger partial charge in [-0.1, -0.05) is 59.6 Å². The van der Waals surface area contributed by atoms with E-state index in [4.69, 9.17) is 28.9 Å². The fraction of sp³-hybridized carbons (Fsp3) is 0.531. The number of halogens is 2. The molecule has 9 heteroatoms. The molecule has 220 valence electrons. The molecule has 4 atom stereocenters. The molecule has 0 aromatic heterocycles. The van der Waals surface area contributed by atoms with Crippen LogP contribution in [0.5, 0.6) is 0 Å². The third-order valence-corrected chi connectivity index (χ3v) is 9.52. The zero-order chi connectivity index (χ0) is 28.9. The van der Waals surface area contributed by atoms with Gasteiger partial charge in [0.25, 0.3) is 0 Å². The third-order valence-electron chi connectivity index (χ3n) is 8.78. The minimum absolute atomic E-state index is 0.00155. The molecule has 2 saturated heterocycles. The minimum atomic E-state index is -0.601. The standard InChI is InChI=1S/C32H40Cl2N4O3/c33-26-12-7-22(18-27(26)34)8-13-30(39)28(14-16-36-31(40)23-9-10-23)37-17-15-25(11-6-21-4-2-1-3-5-21)38-20-24(35)19-29(38)32(37)41/h1-5,7,12,18,23-25,28-29H,6,8-11,13-17,19-20,35H2,(H,36,40)/t24-,25?,28-,29+/m1/s1. The highest BCUT2D eigenvalue weighted by Gasteiger charge is 2.45. The number of aryl methyl sites for hydroxylation is 2. The van der Waals surface area contributed by atoms with E-state index in [-0.39, 0.29) is 48.1 Å². The predicted molar refractivity (Wildman–Crippen MR) is 162 cm³/mol. The quantitative estimate of drug-likeness (QED) is 0.377. The van der Waals surface area contributed by atoms with Crippen LogP contribution in [0.2, 0.25) is 10.0 Å². The maximum Gasteiger partial charge on any atom is 0.240 e. The lowest BCUT2D eigenvalue weighted by Crippen LogP contribution is -2.51. The zero-order valence-corrected chi connectivity index (χ0v) is 25.0. The Labute approximate surface area is 252 Å². The van der Waals surface area contributed by atoms with Gasteiger partial charge in [-0.3, -0.25) is 19.3 Å². The molecule has 2 aromatic rings. The van der Waals surface area contributed by atoms with E-state index in [1.165, 1.54) is 5.56 Å². The molecule has 2 aliphatic heterocycles. The van der Waals surface area contributed by atoms with Crippen LogP contribution < -0.4 is 11.1 Å². The van der Waals surface area contributed by atoms with Crippen molar-refractivity contribution in [3.63, 3.8) is 0 Å². The first-order valence-electron chi connectivity index (χ1n) is 14.9. The molecule has 2 aromatic carbocycles. The second-order valence-electron chi connectivity index (χ2n) is 11.8. The molecule has 0 spiro atoms. The number of nitrogens with two attached hydrogens (primary N) is 1. The van der Waals surface area contributed by atoms with Crippen LogP contribution >= 0.6 is 23.2 Å². The molecular weight excluding hydrogens is 559 g/mol. The summed E-state index contributed by atoms with van der Waals surface area (Å²) in [6.07, 6.45) is 6.26. The molecule has 1 unspecified atom stereocenters. The second kappa shape index (κ2) is 13.7. The summed E-state index contributed by atoms with van der Waals surface area (Å²) in [6.45, 7) is 1.57. The van der Waals surface area contributed by atoms with Crippen LogP contribution in [0.3, 0.4) is 0 Å². The maximum atomic E-state index is 14.1. The van der Waals surface area contributed by atoms with Crippen molar-refractivity contribution in [2.45, 2.75) is 82.0 Å². The van der Waals surface area contributed by atoms with E-state index >= 15 is 0 Å². The molecule has 2 amide bonds. The van der Waals surface area contributed by atoms with Gasteiger partial charge in [0, 0.05) is 44.1 Å². The molecule has 3 N–H and O–H groups in total. The van der Waals surface area contributed by atoms with Crippen molar-refractivity contribution in [3.8, 4) is 0 Å². The Bertz CT molecular complexity index is 1240. The Morgan fingerprint density at radius 2 is 1.78 bits per heavy atom. The summed E-state index contributed by atoms with van der Waals surface area (Å²) in [5, 5.41) is 3.93. The lowest BCUT2D eigenvalue weighted by atomic mass is 9.98. The van der Waals surface area contributed by atoms with Gasteiger partial charge in [0.05, 0.1) is 22.1 Å². The number of nitrogens with zero attached hydrogens (tertiary/aromatic N) is 2. The van der Waals surface area contributed by atoms with Gasteiger partial charge in [-0.2, -0.15) is 0 Å². The number of hydrogen-bond donors (Lipinski definition) is 2. The van der Waals surface area contributed by atoms with Gasteiger partial charge in [-0.25, -0.2) is 0 Å². The summed E-state index contributed by atoms with van der Waals surface area (Å²) in [5.41, 5.74) is 8.59. The molecule has 41 heavy (non-hydrogen) atoms. The number of Topliss-reactive ketones (excluding diaryl/α,β-unsaturated/α-hetero) is 1. The van der Waals surface area contributed by atoms with Crippen molar-refractivity contribution in [2.75, 3.05) is 19.6 Å². The molecule has 3 aliphatic rings. The summed E-state index contributed by atoms with van der Waals surface area (Å²) < 4.78 is 0. The van der Waals surface area contributed by atoms with Gasteiger partial charge >= 0.3 is 0 Å². The fourth-order valence-electron chi connectivity index (χ4n) is 6.34. The molecule has 0 bridgehead atoms. The third kappa shape index (κ3) is 7.69. The lowest BCUT2D eigenvalue weighted by Gasteiger charge is -2.32. The largest absolute Gasteiger partial charge is 0.356 e. The first-order chi connectivity index (χ1) is 19.8. The van der Waals surface area contributed by atoms with Crippen molar-refractivity contribution < 1.29 is 14.4 Å². The van der Waals surface area contributed by atoms with Crippen molar-refractivity contribution in [3.05, 3.63) is 69.7 Å². The van der Waals surface area contributed by atoms with E-state index in [1.54, 1.807) is 17.0 Å². The number of rotatable bonds is 12. The molecule has 7 nitrogen and oxygen atoms in total. The first-order valence-corrected chi connectivity index (χ1v) is 15.7. The number of nitrogens with one attached hydrogen (secondary N) is 1. The second-order valence-corrected chi connectivity index (χ2v) is 12.6. The highest BCUT2D eigenvalue weighted by Crippen LogP contribution is 2.31. The predicted octanol–water partition coefficient (Wildman–Crippen LogP) is 4.42. The summed E-state index contributed by atoms with van der Waals surface area (Å²) in [7, 11) is 0. The molecule has 5 rings (SSSR count). The van der Waals surface area contributed by atoms with E-state index < -0.39 is 6.04 Å². The maximum absolute atomic E-state index is 14.1. The van der Waals surface area contributed by atoms with Crippen LogP contribution in [0.25, 0.3) is 0 Å². The number of fused-ring (bicyclic) bond motifs is 1. The highest BCUT2D eigenvalue weighted by molar-refractivity contribution is 6.42. The average Bonchev–Trinajstić information content (AvgIpc) is 3.77. The van der Waals surface area contributed by atoms with Crippen LogP contribution in [0.15, 0.2) is 48.5 Å². The van der Waals surface area contributed by atoms with E-state index in [2.05, 4.69) is 34.5 Å². The van der Waals surface area contributed by atoms with E-state index in [1.807, 2.05) is 12.1 Å². The summed E-state index contributed by atoms with van der Waals surface area (Å²) in [4.78, 5) is 44.3. The number of amides is 2. The number of carbonyl (C=O) groups excluding carboxylic acids is 3. The van der Waals surface area contributed by atoms with Crippen LogP contribution in [-0.4, -0.2) is 71.2 Å². The Kier molecular flexibility index (Phi) is 10.0. The normalized spacial score (nSPS) is 23.6. The Hall–Kier alpha value is -2.45. The Balaban J connectivity index is 1.31. The lowest BCUT2D eigenvalue weighted by molar-refractivity contribution is -0.142. The first kappa shape index (κ1) is 30.0. The van der Waals surface area contributed by atoms with Crippen LogP contribution in [0, 0.1) is 5.92 Å². The Morgan fingerprint density at radius 3 is 2.51 bits per heavy atom. The summed E-state index contributed by atoms with van der Waals surface area (Å²) >= 11 is 12.3. The van der Waals surface area contributed by atoms with E-state index in [0.717, 1.165) is 37.7 Å². The number of benzene rings is 2. The zero-order valence-electron chi connectivity index (χ0n) is 23.4. The van der Waals surface area contributed by atoms with Gasteiger partial charge in [0.2, 0.25) is 11.8 Å². The van der Waals surface area contributed by atoms with Crippen molar-refractivity contribution >= 4 is 40.8 Å². The average molecular weight is 600 g/mol.